The summed E-state index contributed by atoms with van der Waals surface area (Å²) in [6.45, 7) is 24.1. The summed E-state index contributed by atoms with van der Waals surface area (Å²) >= 11 is 0. The van der Waals surface area contributed by atoms with Crippen LogP contribution in [0.3, 0.4) is 0 Å². The Kier molecular flexibility index (Phi) is 4.70. The van der Waals surface area contributed by atoms with Gasteiger partial charge in [-0.25, -0.2) is 0 Å². The van der Waals surface area contributed by atoms with Gasteiger partial charge >= 0.3 is 0 Å². The lowest BCUT2D eigenvalue weighted by atomic mass is 9.46. The van der Waals surface area contributed by atoms with Crippen molar-refractivity contribution in [3.05, 3.63) is 0 Å². The Morgan fingerprint density at radius 1 is 0.750 bits per heavy atom. The Morgan fingerprint density at radius 3 is 1.12 bits per heavy atom. The lowest BCUT2D eigenvalue weighted by molar-refractivity contribution is -0.101. The zero-order chi connectivity index (χ0) is 13.4. The molecule has 0 heteroatoms. The van der Waals surface area contributed by atoms with Gasteiger partial charge in [0.05, 0.1) is 0 Å². The van der Waals surface area contributed by atoms with Crippen molar-refractivity contribution >= 4 is 0 Å². The Morgan fingerprint density at radius 2 is 1.06 bits per heavy atom. The molecule has 0 heterocycles. The third-order valence-electron chi connectivity index (χ3n) is 5.95. The second-order valence-electron chi connectivity index (χ2n) is 7.53. The maximum absolute atomic E-state index is 2.50. The van der Waals surface area contributed by atoms with Gasteiger partial charge in [0.1, 0.15) is 0 Å². The van der Waals surface area contributed by atoms with Gasteiger partial charge in [-0.2, -0.15) is 0 Å². The van der Waals surface area contributed by atoms with E-state index in [9.17, 15) is 0 Å². The lowest BCUT2D eigenvalue weighted by Gasteiger charge is -2.59. The molecule has 0 nitrogen and oxygen atoms in total. The topological polar surface area (TPSA) is 0 Å². The van der Waals surface area contributed by atoms with E-state index in [2.05, 4.69) is 69.2 Å². The van der Waals surface area contributed by atoms with Gasteiger partial charge in [-0.3, -0.25) is 0 Å². The average Bonchev–Trinajstić information content (AvgIpc) is 2.12. The SMILES string of the molecule is CCC(C)(C(C)(C)C)C(C)(C(C)C)C(C)C. The van der Waals surface area contributed by atoms with Crippen molar-refractivity contribution in [2.24, 2.45) is 28.1 Å². The van der Waals surface area contributed by atoms with Gasteiger partial charge in [0.15, 0.2) is 0 Å². The largest absolute Gasteiger partial charge is 0.0648 e. The fraction of sp³-hybridized carbons (Fsp3) is 1.00. The molecule has 0 aliphatic heterocycles. The van der Waals surface area contributed by atoms with E-state index < -0.39 is 0 Å². The maximum atomic E-state index is 2.50. The summed E-state index contributed by atoms with van der Waals surface area (Å²) in [6, 6.07) is 0. The maximum Gasteiger partial charge on any atom is -0.0221 e. The molecule has 0 aromatic rings. The molecule has 0 saturated heterocycles. The van der Waals surface area contributed by atoms with Crippen molar-refractivity contribution in [2.75, 3.05) is 0 Å². The Balaban J connectivity index is 5.67. The second-order valence-corrected chi connectivity index (χ2v) is 7.53. The minimum atomic E-state index is 0.352. The van der Waals surface area contributed by atoms with Crippen molar-refractivity contribution < 1.29 is 0 Å². The van der Waals surface area contributed by atoms with E-state index in [0.717, 1.165) is 11.8 Å². The quantitative estimate of drug-likeness (QED) is 0.571. The highest BCUT2D eigenvalue weighted by atomic mass is 14.6. The second kappa shape index (κ2) is 4.70. The van der Waals surface area contributed by atoms with Crippen molar-refractivity contribution in [3.8, 4) is 0 Å². The summed E-state index contributed by atoms with van der Waals surface area (Å²) in [4.78, 5) is 0. The summed E-state index contributed by atoms with van der Waals surface area (Å²) in [7, 11) is 0. The molecule has 0 bridgehead atoms. The first-order valence-corrected chi connectivity index (χ1v) is 6.95. The first-order valence-electron chi connectivity index (χ1n) is 6.95. The van der Waals surface area contributed by atoms with E-state index in [1.54, 1.807) is 0 Å². The van der Waals surface area contributed by atoms with Crippen molar-refractivity contribution in [3.63, 3.8) is 0 Å². The minimum absolute atomic E-state index is 0.352. The fourth-order valence-corrected chi connectivity index (χ4v) is 3.66. The standard InChI is InChI=1S/C16H34/c1-11-15(9,14(6,7)8)16(10,12(2)3)13(4)5/h12-13H,11H2,1-10H3. The zero-order valence-corrected chi connectivity index (χ0v) is 13.4. The van der Waals surface area contributed by atoms with Gasteiger partial charge in [0.25, 0.3) is 0 Å². The third-order valence-corrected chi connectivity index (χ3v) is 5.95. The van der Waals surface area contributed by atoms with Gasteiger partial charge in [-0.05, 0) is 34.5 Å². The summed E-state index contributed by atoms with van der Waals surface area (Å²) in [5.74, 6) is 1.44. The number of rotatable bonds is 4. The first-order chi connectivity index (χ1) is 6.95. The van der Waals surface area contributed by atoms with E-state index in [1.807, 2.05) is 0 Å². The van der Waals surface area contributed by atoms with Crippen LogP contribution < -0.4 is 0 Å². The molecule has 0 radical (unpaired) electrons. The molecule has 0 rings (SSSR count). The van der Waals surface area contributed by atoms with Gasteiger partial charge in [-0.15, -0.1) is 0 Å². The average molecular weight is 226 g/mol. The van der Waals surface area contributed by atoms with Crippen LogP contribution in [0.25, 0.3) is 0 Å². The predicted molar refractivity (Wildman–Crippen MR) is 75.6 cm³/mol. The van der Waals surface area contributed by atoms with Crippen molar-refractivity contribution in [1.29, 1.82) is 0 Å². The van der Waals surface area contributed by atoms with Gasteiger partial charge in [0, 0.05) is 0 Å². The molecular weight excluding hydrogens is 192 g/mol. The molecular formula is C16H34. The molecule has 0 N–H and O–H groups in total. The summed E-state index contributed by atoms with van der Waals surface area (Å²) in [5, 5.41) is 0. The Labute approximate surface area is 104 Å². The van der Waals surface area contributed by atoms with Crippen LogP contribution in [0.5, 0.6) is 0 Å². The summed E-state index contributed by atoms with van der Waals surface area (Å²) in [6.07, 6.45) is 1.25. The van der Waals surface area contributed by atoms with E-state index in [0.29, 0.717) is 16.2 Å². The van der Waals surface area contributed by atoms with E-state index in [-0.39, 0.29) is 0 Å². The molecule has 0 aliphatic rings. The van der Waals surface area contributed by atoms with Crippen LogP contribution in [0, 0.1) is 28.1 Å². The van der Waals surface area contributed by atoms with Crippen LogP contribution in [0.15, 0.2) is 0 Å². The van der Waals surface area contributed by atoms with Crippen molar-refractivity contribution in [1.82, 2.24) is 0 Å². The Bertz CT molecular complexity index is 207. The highest BCUT2D eigenvalue weighted by Crippen LogP contribution is 2.60. The molecule has 98 valence electrons. The van der Waals surface area contributed by atoms with Gasteiger partial charge in [-0.1, -0.05) is 69.2 Å². The molecule has 0 aromatic heterocycles. The summed E-state index contributed by atoms with van der Waals surface area (Å²) < 4.78 is 0. The summed E-state index contributed by atoms with van der Waals surface area (Å²) in [5.41, 5.74) is 1.12. The highest BCUT2D eigenvalue weighted by molar-refractivity contribution is 5.01. The first kappa shape index (κ1) is 16.0. The molecule has 0 aliphatic carbocycles. The molecule has 1 atom stereocenters. The van der Waals surface area contributed by atoms with E-state index >= 15 is 0 Å². The molecule has 1 unspecified atom stereocenters. The van der Waals surface area contributed by atoms with Crippen LogP contribution in [0.2, 0.25) is 0 Å². The molecule has 0 spiro atoms. The highest BCUT2D eigenvalue weighted by Gasteiger charge is 2.53. The number of hydrogen-bond acceptors (Lipinski definition) is 0. The van der Waals surface area contributed by atoms with E-state index in [1.165, 1.54) is 6.42 Å². The molecule has 0 aromatic carbocycles. The van der Waals surface area contributed by atoms with Crippen molar-refractivity contribution in [2.45, 2.75) is 75.7 Å². The predicted octanol–water partition coefficient (Wildman–Crippen LogP) is 5.77. The van der Waals surface area contributed by atoms with Crippen LogP contribution in [0.4, 0.5) is 0 Å². The lowest BCUT2D eigenvalue weighted by Crippen LogP contribution is -2.52. The molecule has 16 heavy (non-hydrogen) atoms. The van der Waals surface area contributed by atoms with Crippen LogP contribution >= 0.6 is 0 Å². The monoisotopic (exact) mass is 226 g/mol. The minimum Gasteiger partial charge on any atom is -0.0648 e. The molecule has 0 amide bonds. The Hall–Kier alpha value is 0. The van der Waals surface area contributed by atoms with E-state index in [4.69, 9.17) is 0 Å². The van der Waals surface area contributed by atoms with Crippen LogP contribution in [-0.2, 0) is 0 Å². The third kappa shape index (κ3) is 2.17. The smallest absolute Gasteiger partial charge is 0.0221 e. The normalized spacial score (nSPS) is 18.0. The number of hydrogen-bond donors (Lipinski definition) is 0. The van der Waals surface area contributed by atoms with Gasteiger partial charge in [0.2, 0.25) is 0 Å². The molecule has 0 fully saturated rings. The molecule has 0 saturated carbocycles. The van der Waals surface area contributed by atoms with Gasteiger partial charge < -0.3 is 0 Å². The zero-order valence-electron chi connectivity index (χ0n) is 13.4. The van der Waals surface area contributed by atoms with Crippen LogP contribution in [0.1, 0.15) is 75.7 Å². The van der Waals surface area contributed by atoms with Crippen LogP contribution in [-0.4, -0.2) is 0 Å². The fourth-order valence-electron chi connectivity index (χ4n) is 3.66.